The van der Waals surface area contributed by atoms with E-state index in [1.165, 1.54) is 5.22 Å². The van der Waals surface area contributed by atoms with Crippen LogP contribution in [0.4, 0.5) is 0 Å². The summed E-state index contributed by atoms with van der Waals surface area (Å²) in [6.45, 7) is 0. The smallest absolute Gasteiger partial charge is 0.150 e. The molecule has 0 aromatic rings. The number of carbonyl (C=O) groups excluding carboxylic acids is 1. The zero-order valence-corrected chi connectivity index (χ0v) is 4.22. The highest BCUT2D eigenvalue weighted by Gasteiger charge is 2.02. The summed E-state index contributed by atoms with van der Waals surface area (Å²) in [5, 5.41) is 2.37. The Morgan fingerprint density at radius 1 is 1.38 bits per heavy atom. The van der Waals surface area contributed by atoms with E-state index >= 15 is 0 Å². The molecule has 2 aliphatic carbocycles. The Hall–Kier alpha value is -1.11. The minimum atomic E-state index is 0.850. The zero-order valence-electron chi connectivity index (χ0n) is 4.22. The molecule has 0 saturated heterocycles. The summed E-state index contributed by atoms with van der Waals surface area (Å²) in [6, 6.07) is 5.85. The molecule has 0 spiro atoms. The SMILES string of the molecule is O=Cc1cc2ccc1=2. The number of hydrogen-bond donors (Lipinski definition) is 0. The van der Waals surface area contributed by atoms with Gasteiger partial charge in [0.25, 0.3) is 0 Å². The van der Waals surface area contributed by atoms with E-state index in [-0.39, 0.29) is 0 Å². The Bertz CT molecular complexity index is 325. The van der Waals surface area contributed by atoms with Crippen molar-refractivity contribution in [3.05, 3.63) is 34.2 Å². The fourth-order valence-electron chi connectivity index (χ4n) is 0.917. The summed E-state index contributed by atoms with van der Waals surface area (Å²) < 4.78 is 0. The molecule has 2 rings (SSSR count). The van der Waals surface area contributed by atoms with Gasteiger partial charge in [-0.1, -0.05) is 12.1 Å². The van der Waals surface area contributed by atoms with Gasteiger partial charge >= 0.3 is 0 Å². The fraction of sp³-hybridized carbons (Fsp3) is 0. The Labute approximate surface area is 46.3 Å². The lowest BCUT2D eigenvalue weighted by Crippen LogP contribution is -1.93. The average Bonchev–Trinajstić information content (AvgIpc) is 1.76. The monoisotopic (exact) mass is 104 g/mol. The van der Waals surface area contributed by atoms with Crippen LogP contribution in [0.5, 0.6) is 0 Å². The Morgan fingerprint density at radius 3 is 2.38 bits per heavy atom. The van der Waals surface area contributed by atoms with E-state index in [9.17, 15) is 4.79 Å². The second kappa shape index (κ2) is 0.996. The lowest BCUT2D eigenvalue weighted by Gasteiger charge is -2.03. The van der Waals surface area contributed by atoms with E-state index in [0.29, 0.717) is 0 Å². The van der Waals surface area contributed by atoms with Crippen LogP contribution in [0.15, 0.2) is 18.2 Å². The van der Waals surface area contributed by atoms with Crippen LogP contribution in [-0.2, 0) is 0 Å². The lowest BCUT2D eigenvalue weighted by molar-refractivity contribution is 0.112. The van der Waals surface area contributed by atoms with Crippen LogP contribution in [0, 0.1) is 10.4 Å². The molecule has 1 heteroatoms. The first-order valence-corrected chi connectivity index (χ1v) is 2.51. The molecular weight excluding hydrogens is 100 g/mol. The summed E-state index contributed by atoms with van der Waals surface area (Å²) >= 11 is 0. The van der Waals surface area contributed by atoms with Gasteiger partial charge in [-0.15, -0.1) is 0 Å². The van der Waals surface area contributed by atoms with Gasteiger partial charge in [0.2, 0.25) is 0 Å². The van der Waals surface area contributed by atoms with Crippen LogP contribution in [0.25, 0.3) is 0 Å². The molecule has 0 heterocycles. The van der Waals surface area contributed by atoms with Crippen molar-refractivity contribution in [1.82, 2.24) is 0 Å². The third-order valence-electron chi connectivity index (χ3n) is 1.49. The van der Waals surface area contributed by atoms with Gasteiger partial charge in [-0.05, 0) is 16.5 Å². The van der Waals surface area contributed by atoms with Gasteiger partial charge in [0.1, 0.15) is 0 Å². The molecule has 0 saturated carbocycles. The first-order chi connectivity index (χ1) is 3.92. The molecule has 38 valence electrons. The van der Waals surface area contributed by atoms with E-state index < -0.39 is 0 Å². The van der Waals surface area contributed by atoms with Crippen molar-refractivity contribution in [2.24, 2.45) is 0 Å². The summed E-state index contributed by atoms with van der Waals surface area (Å²) in [5.41, 5.74) is 0.850. The Balaban J connectivity index is 2.79. The Kier molecular flexibility index (Phi) is 0.478. The van der Waals surface area contributed by atoms with Crippen molar-refractivity contribution in [2.75, 3.05) is 0 Å². The first-order valence-electron chi connectivity index (χ1n) is 2.51. The quantitative estimate of drug-likeness (QED) is 0.495. The van der Waals surface area contributed by atoms with E-state index in [4.69, 9.17) is 0 Å². The molecule has 2 aliphatic rings. The maximum Gasteiger partial charge on any atom is 0.150 e. The fourth-order valence-corrected chi connectivity index (χ4v) is 0.917. The Morgan fingerprint density at radius 2 is 2.25 bits per heavy atom. The molecule has 0 radical (unpaired) electrons. The summed E-state index contributed by atoms with van der Waals surface area (Å²) in [5.74, 6) is 0. The van der Waals surface area contributed by atoms with Crippen molar-refractivity contribution >= 4 is 6.29 Å². The molecule has 0 aliphatic heterocycles. The van der Waals surface area contributed by atoms with Gasteiger partial charge < -0.3 is 0 Å². The van der Waals surface area contributed by atoms with Crippen molar-refractivity contribution < 1.29 is 4.79 Å². The second-order valence-corrected chi connectivity index (χ2v) is 1.92. The standard InChI is InChI=1S/C7H4O/c8-4-6-3-5-1-2-7(5)6/h1-4H. The molecule has 1 nitrogen and oxygen atoms in total. The highest BCUT2D eigenvalue weighted by molar-refractivity contribution is 5.77. The van der Waals surface area contributed by atoms with Crippen LogP contribution < -0.4 is 0 Å². The van der Waals surface area contributed by atoms with Gasteiger partial charge in [0, 0.05) is 5.56 Å². The van der Waals surface area contributed by atoms with E-state index in [1.807, 2.05) is 18.2 Å². The van der Waals surface area contributed by atoms with Crippen LogP contribution in [-0.4, -0.2) is 6.29 Å². The lowest BCUT2D eigenvalue weighted by atomic mass is 10.0. The van der Waals surface area contributed by atoms with Gasteiger partial charge in [-0.25, -0.2) is 0 Å². The summed E-state index contributed by atoms with van der Waals surface area (Å²) in [4.78, 5) is 10.0. The van der Waals surface area contributed by atoms with Crippen LogP contribution in [0.3, 0.4) is 0 Å². The van der Waals surface area contributed by atoms with Gasteiger partial charge in [0.05, 0.1) is 0 Å². The summed E-state index contributed by atoms with van der Waals surface area (Å²) in [7, 11) is 0. The van der Waals surface area contributed by atoms with Crippen molar-refractivity contribution in [3.8, 4) is 0 Å². The highest BCUT2D eigenvalue weighted by atomic mass is 16.1. The largest absolute Gasteiger partial charge is 0.298 e. The maximum absolute atomic E-state index is 10.0. The molecule has 0 amide bonds. The molecule has 0 N–H and O–H groups in total. The van der Waals surface area contributed by atoms with Crippen molar-refractivity contribution in [2.45, 2.75) is 0 Å². The summed E-state index contributed by atoms with van der Waals surface area (Å²) in [6.07, 6.45) is 0.891. The van der Waals surface area contributed by atoms with Crippen molar-refractivity contribution in [1.29, 1.82) is 0 Å². The molecule has 8 heavy (non-hydrogen) atoms. The molecule has 0 bridgehead atoms. The molecule has 0 unspecified atom stereocenters. The van der Waals surface area contributed by atoms with E-state index in [1.54, 1.807) is 0 Å². The molecular formula is C7H4O. The topological polar surface area (TPSA) is 17.1 Å². The van der Waals surface area contributed by atoms with Crippen molar-refractivity contribution in [3.63, 3.8) is 0 Å². The number of benzene rings is 1. The maximum atomic E-state index is 10.0. The predicted molar refractivity (Wildman–Crippen MR) is 29.5 cm³/mol. The van der Waals surface area contributed by atoms with Crippen LogP contribution >= 0.6 is 0 Å². The molecule has 0 aromatic carbocycles. The van der Waals surface area contributed by atoms with E-state index in [2.05, 4.69) is 0 Å². The normalized spacial score (nSPS) is 11.0. The number of carbonyl (C=O) groups is 1. The van der Waals surface area contributed by atoms with Gasteiger partial charge in [-0.2, -0.15) is 0 Å². The third kappa shape index (κ3) is 0.231. The molecule has 0 aromatic heterocycles. The predicted octanol–water partition coefficient (Wildman–Crippen LogP) is 1.10. The first kappa shape index (κ1) is 3.84. The average molecular weight is 104 g/mol. The minimum absolute atomic E-state index is 0.850. The molecule has 0 fully saturated rings. The highest BCUT2D eigenvalue weighted by Crippen LogP contribution is 2.12. The molecule has 0 atom stereocenters. The zero-order chi connectivity index (χ0) is 5.56. The number of rotatable bonds is 1. The van der Waals surface area contributed by atoms with Gasteiger partial charge in [0.15, 0.2) is 6.29 Å². The van der Waals surface area contributed by atoms with E-state index in [0.717, 1.165) is 17.1 Å². The van der Waals surface area contributed by atoms with Crippen LogP contribution in [0.1, 0.15) is 10.4 Å². The number of hydrogen-bond acceptors (Lipinski definition) is 1. The van der Waals surface area contributed by atoms with Gasteiger partial charge in [-0.3, -0.25) is 4.79 Å². The second-order valence-electron chi connectivity index (χ2n) is 1.92. The minimum Gasteiger partial charge on any atom is -0.298 e. The van der Waals surface area contributed by atoms with Crippen LogP contribution in [0.2, 0.25) is 0 Å². The third-order valence-corrected chi connectivity index (χ3v) is 1.49. The number of aldehydes is 1.